The predicted octanol–water partition coefficient (Wildman–Crippen LogP) is 1.10. The second kappa shape index (κ2) is 7.76. The summed E-state index contributed by atoms with van der Waals surface area (Å²) in [6.45, 7) is 8.52. The molecule has 0 aromatic heterocycles. The maximum atomic E-state index is 3.29. The normalized spacial score (nSPS) is 11.6. The molecule has 0 aliphatic heterocycles. The second-order valence-electron chi connectivity index (χ2n) is 2.68. The minimum atomic E-state index is 1.06. The Kier molecular flexibility index (Phi) is 7.52. The van der Waals surface area contributed by atoms with E-state index in [1.807, 2.05) is 0 Å². The van der Waals surface area contributed by atoms with Crippen LogP contribution >= 0.6 is 0 Å². The second-order valence-corrected chi connectivity index (χ2v) is 2.68. The van der Waals surface area contributed by atoms with E-state index in [0.29, 0.717) is 0 Å². The summed E-state index contributed by atoms with van der Waals surface area (Å²) in [7, 11) is 2.14. The molecule has 0 saturated carbocycles. The SMILES string of the molecule is C/C=C/CN(C)CCNCC. The van der Waals surface area contributed by atoms with Gasteiger partial charge in [-0.05, 0) is 20.5 Å². The highest BCUT2D eigenvalue weighted by Crippen LogP contribution is 1.81. The zero-order chi connectivity index (χ0) is 8.53. The summed E-state index contributed by atoms with van der Waals surface area (Å²) in [5.41, 5.74) is 0. The molecule has 1 N–H and O–H groups in total. The van der Waals surface area contributed by atoms with Crippen LogP contribution in [0, 0.1) is 0 Å². The molecule has 0 heterocycles. The average Bonchev–Trinajstić information content (AvgIpc) is 2.01. The van der Waals surface area contributed by atoms with Gasteiger partial charge in [-0.15, -0.1) is 0 Å². The molecule has 0 aliphatic rings. The van der Waals surface area contributed by atoms with Crippen molar-refractivity contribution in [3.63, 3.8) is 0 Å². The van der Waals surface area contributed by atoms with Gasteiger partial charge in [0.15, 0.2) is 0 Å². The molecule has 0 fully saturated rings. The number of hydrogen-bond acceptors (Lipinski definition) is 2. The van der Waals surface area contributed by atoms with E-state index in [-0.39, 0.29) is 0 Å². The van der Waals surface area contributed by atoms with Crippen molar-refractivity contribution in [1.82, 2.24) is 10.2 Å². The van der Waals surface area contributed by atoms with Crippen LogP contribution < -0.4 is 5.32 Å². The number of hydrogen-bond donors (Lipinski definition) is 1. The quantitative estimate of drug-likeness (QED) is 0.458. The zero-order valence-corrected chi connectivity index (χ0v) is 7.93. The first-order valence-corrected chi connectivity index (χ1v) is 4.31. The molecule has 0 atom stereocenters. The monoisotopic (exact) mass is 156 g/mol. The fraction of sp³-hybridized carbons (Fsp3) is 0.778. The Hall–Kier alpha value is -0.340. The van der Waals surface area contributed by atoms with Crippen molar-refractivity contribution in [1.29, 1.82) is 0 Å². The molecule has 0 saturated heterocycles. The van der Waals surface area contributed by atoms with Crippen LogP contribution in [0.4, 0.5) is 0 Å². The molecule has 0 bridgehead atoms. The van der Waals surface area contributed by atoms with Gasteiger partial charge in [0, 0.05) is 19.6 Å². The van der Waals surface area contributed by atoms with Crippen LogP contribution in [0.15, 0.2) is 12.2 Å². The van der Waals surface area contributed by atoms with Gasteiger partial charge >= 0.3 is 0 Å². The molecule has 0 aromatic carbocycles. The number of nitrogens with one attached hydrogen (secondary N) is 1. The number of likely N-dealkylation sites (N-methyl/N-ethyl adjacent to an activating group) is 2. The molecule has 0 unspecified atom stereocenters. The first kappa shape index (κ1) is 10.7. The van der Waals surface area contributed by atoms with Crippen LogP contribution in [0.2, 0.25) is 0 Å². The molecule has 0 rings (SSSR count). The summed E-state index contributed by atoms with van der Waals surface area (Å²) in [5, 5.41) is 3.29. The van der Waals surface area contributed by atoms with Crippen molar-refractivity contribution in [3.8, 4) is 0 Å². The number of rotatable bonds is 6. The van der Waals surface area contributed by atoms with Gasteiger partial charge in [-0.25, -0.2) is 0 Å². The third-order valence-electron chi connectivity index (χ3n) is 1.57. The van der Waals surface area contributed by atoms with E-state index >= 15 is 0 Å². The molecule has 0 aliphatic carbocycles. The molecule has 66 valence electrons. The van der Waals surface area contributed by atoms with Crippen molar-refractivity contribution >= 4 is 0 Å². The summed E-state index contributed by atoms with van der Waals surface area (Å²) < 4.78 is 0. The van der Waals surface area contributed by atoms with E-state index in [1.54, 1.807) is 0 Å². The van der Waals surface area contributed by atoms with Gasteiger partial charge in [0.2, 0.25) is 0 Å². The third kappa shape index (κ3) is 7.56. The van der Waals surface area contributed by atoms with Crippen molar-refractivity contribution < 1.29 is 0 Å². The third-order valence-corrected chi connectivity index (χ3v) is 1.57. The lowest BCUT2D eigenvalue weighted by Crippen LogP contribution is -2.29. The fourth-order valence-corrected chi connectivity index (χ4v) is 0.823. The minimum absolute atomic E-state index is 1.06. The molecule has 0 aromatic rings. The Bertz CT molecular complexity index is 99.7. The van der Waals surface area contributed by atoms with Crippen molar-refractivity contribution in [3.05, 3.63) is 12.2 Å². The van der Waals surface area contributed by atoms with E-state index < -0.39 is 0 Å². The largest absolute Gasteiger partial charge is 0.316 e. The van der Waals surface area contributed by atoms with Gasteiger partial charge in [-0.1, -0.05) is 19.1 Å². The molecule has 0 spiro atoms. The van der Waals surface area contributed by atoms with Crippen LogP contribution in [-0.2, 0) is 0 Å². The van der Waals surface area contributed by atoms with E-state index in [0.717, 1.165) is 26.2 Å². The Morgan fingerprint density at radius 2 is 2.18 bits per heavy atom. The summed E-state index contributed by atoms with van der Waals surface area (Å²) in [5.74, 6) is 0. The van der Waals surface area contributed by atoms with Gasteiger partial charge < -0.3 is 10.2 Å². The highest BCUT2D eigenvalue weighted by Gasteiger charge is 1.92. The van der Waals surface area contributed by atoms with E-state index in [2.05, 4.69) is 43.3 Å². The molecule has 0 amide bonds. The number of allylic oxidation sites excluding steroid dienone is 1. The van der Waals surface area contributed by atoms with Crippen LogP contribution in [0.3, 0.4) is 0 Å². The highest BCUT2D eigenvalue weighted by molar-refractivity contribution is 4.79. The summed E-state index contributed by atoms with van der Waals surface area (Å²) in [6.07, 6.45) is 4.26. The lowest BCUT2D eigenvalue weighted by molar-refractivity contribution is 0.367. The first-order valence-electron chi connectivity index (χ1n) is 4.31. The van der Waals surface area contributed by atoms with Gasteiger partial charge in [-0.2, -0.15) is 0 Å². The number of nitrogens with zero attached hydrogens (tertiary/aromatic N) is 1. The fourth-order valence-electron chi connectivity index (χ4n) is 0.823. The Balaban J connectivity index is 3.15. The van der Waals surface area contributed by atoms with E-state index in [4.69, 9.17) is 0 Å². The van der Waals surface area contributed by atoms with Crippen molar-refractivity contribution in [2.75, 3.05) is 33.2 Å². The molecule has 0 radical (unpaired) electrons. The van der Waals surface area contributed by atoms with Crippen LogP contribution in [0.5, 0.6) is 0 Å². The summed E-state index contributed by atoms with van der Waals surface area (Å²) in [4.78, 5) is 2.29. The van der Waals surface area contributed by atoms with Gasteiger partial charge in [0.05, 0.1) is 0 Å². The van der Waals surface area contributed by atoms with Gasteiger partial charge in [0.25, 0.3) is 0 Å². The van der Waals surface area contributed by atoms with E-state index in [9.17, 15) is 0 Å². The maximum Gasteiger partial charge on any atom is 0.0160 e. The lowest BCUT2D eigenvalue weighted by atomic mass is 10.4. The predicted molar refractivity (Wildman–Crippen MR) is 50.9 cm³/mol. The average molecular weight is 156 g/mol. The zero-order valence-electron chi connectivity index (χ0n) is 7.93. The Morgan fingerprint density at radius 1 is 1.45 bits per heavy atom. The topological polar surface area (TPSA) is 15.3 Å². The van der Waals surface area contributed by atoms with Crippen molar-refractivity contribution in [2.24, 2.45) is 0 Å². The van der Waals surface area contributed by atoms with Crippen LogP contribution in [0.25, 0.3) is 0 Å². The molecule has 11 heavy (non-hydrogen) atoms. The molecule has 2 heteroatoms. The molecule has 2 nitrogen and oxygen atoms in total. The first-order chi connectivity index (χ1) is 5.31. The summed E-state index contributed by atoms with van der Waals surface area (Å²) >= 11 is 0. The smallest absolute Gasteiger partial charge is 0.0160 e. The van der Waals surface area contributed by atoms with Gasteiger partial charge in [-0.3, -0.25) is 0 Å². The van der Waals surface area contributed by atoms with E-state index in [1.165, 1.54) is 0 Å². The maximum absolute atomic E-state index is 3.29. The lowest BCUT2D eigenvalue weighted by Gasteiger charge is -2.13. The summed E-state index contributed by atoms with van der Waals surface area (Å²) in [6, 6.07) is 0. The van der Waals surface area contributed by atoms with Crippen LogP contribution in [0.1, 0.15) is 13.8 Å². The molecular weight excluding hydrogens is 136 g/mol. The Morgan fingerprint density at radius 3 is 2.73 bits per heavy atom. The standard InChI is InChI=1S/C9H20N2/c1-4-6-8-11(3)9-7-10-5-2/h4,6,10H,5,7-9H2,1-3H3/b6-4+. The highest BCUT2D eigenvalue weighted by atomic mass is 15.1. The van der Waals surface area contributed by atoms with Crippen molar-refractivity contribution in [2.45, 2.75) is 13.8 Å². The Labute approximate surface area is 70.3 Å². The molecular formula is C9H20N2. The van der Waals surface area contributed by atoms with Crippen LogP contribution in [-0.4, -0.2) is 38.1 Å². The minimum Gasteiger partial charge on any atom is -0.316 e. The van der Waals surface area contributed by atoms with Gasteiger partial charge in [0.1, 0.15) is 0 Å².